The van der Waals surface area contributed by atoms with Crippen LogP contribution in [0.2, 0.25) is 0 Å². The summed E-state index contributed by atoms with van der Waals surface area (Å²) in [6, 6.07) is 11.8. The average molecular weight is 317 g/mol. The summed E-state index contributed by atoms with van der Waals surface area (Å²) in [7, 11) is 1.87. The summed E-state index contributed by atoms with van der Waals surface area (Å²) in [4.78, 5) is 27.9. The number of hydrogen-bond donors (Lipinski definition) is 0. The van der Waals surface area contributed by atoms with Gasteiger partial charge in [0.2, 0.25) is 5.78 Å². The van der Waals surface area contributed by atoms with Gasteiger partial charge in [-0.15, -0.1) is 0 Å². The minimum Gasteiger partial charge on any atom is -0.340 e. The van der Waals surface area contributed by atoms with E-state index in [1.54, 1.807) is 0 Å². The van der Waals surface area contributed by atoms with Crippen LogP contribution in [0.25, 0.3) is 0 Å². The zero-order valence-electron chi connectivity index (χ0n) is 14.3. The molecule has 2 aliphatic rings. The number of fused-ring (bicyclic) bond motifs is 2. The Balaban J connectivity index is 1.93. The van der Waals surface area contributed by atoms with Crippen LogP contribution in [-0.2, 0) is 0 Å². The molecule has 1 heterocycles. The lowest BCUT2D eigenvalue weighted by Gasteiger charge is -2.17. The van der Waals surface area contributed by atoms with Crippen molar-refractivity contribution in [2.45, 2.75) is 26.7 Å². The Morgan fingerprint density at radius 2 is 1.54 bits per heavy atom. The molecule has 1 aliphatic carbocycles. The number of likely N-dealkylation sites (N-methyl/N-ethyl adjacent to an activating group) is 1. The van der Waals surface area contributed by atoms with Crippen molar-refractivity contribution in [2.75, 3.05) is 11.9 Å². The summed E-state index contributed by atoms with van der Waals surface area (Å²) in [6.07, 6.45) is 0. The Hall–Kier alpha value is -2.68. The van der Waals surface area contributed by atoms with Crippen LogP contribution in [-0.4, -0.2) is 18.6 Å². The van der Waals surface area contributed by atoms with Gasteiger partial charge in [0, 0.05) is 29.7 Å². The highest BCUT2D eigenvalue weighted by Crippen LogP contribution is 2.44. The molecule has 2 aromatic carbocycles. The summed E-state index contributed by atoms with van der Waals surface area (Å²) in [5, 5.41) is 0. The van der Waals surface area contributed by atoms with Crippen molar-refractivity contribution < 1.29 is 9.59 Å². The van der Waals surface area contributed by atoms with Gasteiger partial charge in [-0.3, -0.25) is 9.59 Å². The topological polar surface area (TPSA) is 37.4 Å². The largest absolute Gasteiger partial charge is 0.340 e. The Morgan fingerprint density at radius 3 is 2.29 bits per heavy atom. The molecule has 0 bridgehead atoms. The molecular formula is C21H19NO2. The molecule has 24 heavy (non-hydrogen) atoms. The van der Waals surface area contributed by atoms with Crippen LogP contribution < -0.4 is 4.90 Å². The van der Waals surface area contributed by atoms with E-state index in [1.165, 1.54) is 0 Å². The quantitative estimate of drug-likeness (QED) is 0.684. The molecule has 3 heteroatoms. The highest BCUT2D eigenvalue weighted by molar-refractivity contribution is 6.26. The number of ketones is 2. The van der Waals surface area contributed by atoms with E-state index in [4.69, 9.17) is 0 Å². The molecule has 2 aromatic rings. The molecule has 0 radical (unpaired) electrons. The number of allylic oxidation sites excluding steroid dienone is 2. The fourth-order valence-electron chi connectivity index (χ4n) is 3.88. The summed E-state index contributed by atoms with van der Waals surface area (Å²) in [5.41, 5.74) is 6.64. The molecule has 1 atom stereocenters. The van der Waals surface area contributed by atoms with Gasteiger partial charge in [0.05, 0.1) is 11.4 Å². The van der Waals surface area contributed by atoms with Crippen LogP contribution >= 0.6 is 0 Å². The maximum atomic E-state index is 13.0. The van der Waals surface area contributed by atoms with Crippen molar-refractivity contribution in [3.05, 3.63) is 75.5 Å². The first-order chi connectivity index (χ1) is 11.4. The molecule has 0 saturated heterocycles. The zero-order valence-corrected chi connectivity index (χ0v) is 14.3. The van der Waals surface area contributed by atoms with Gasteiger partial charge in [-0.25, -0.2) is 0 Å². The number of nitrogens with zero attached hydrogens (tertiary/aromatic N) is 1. The van der Waals surface area contributed by atoms with E-state index in [1.807, 2.05) is 63.1 Å². The molecule has 0 aromatic heterocycles. The van der Waals surface area contributed by atoms with Crippen LogP contribution in [0.1, 0.15) is 50.2 Å². The van der Waals surface area contributed by atoms with E-state index in [0.29, 0.717) is 16.8 Å². The predicted molar refractivity (Wildman–Crippen MR) is 94.9 cm³/mol. The van der Waals surface area contributed by atoms with E-state index in [0.717, 1.165) is 27.9 Å². The number of carbonyl (C=O) groups is 2. The second-order valence-corrected chi connectivity index (χ2v) is 6.81. The van der Waals surface area contributed by atoms with E-state index in [9.17, 15) is 9.59 Å². The third kappa shape index (κ3) is 1.84. The molecule has 120 valence electrons. The molecular weight excluding hydrogens is 298 g/mol. The minimum atomic E-state index is -0.0655. The number of hydrogen-bond acceptors (Lipinski definition) is 3. The first-order valence-electron chi connectivity index (χ1n) is 8.18. The maximum absolute atomic E-state index is 13.0. The molecule has 1 unspecified atom stereocenters. The van der Waals surface area contributed by atoms with Crippen molar-refractivity contribution >= 4 is 17.3 Å². The lowest BCUT2D eigenvalue weighted by atomic mass is 9.95. The Kier molecular flexibility index (Phi) is 3.04. The van der Waals surface area contributed by atoms with E-state index < -0.39 is 0 Å². The number of anilines is 1. The SMILES string of the molecule is Cc1ccc2c(c1)C(=O)/C(=C1/C(=O)c3ccc(C)cc3C1C)N2C. The number of carbonyl (C=O) groups excluding carboxylic acids is 2. The summed E-state index contributed by atoms with van der Waals surface area (Å²) >= 11 is 0. The Bertz CT molecular complexity index is 952. The van der Waals surface area contributed by atoms with Crippen LogP contribution in [0.5, 0.6) is 0 Å². The first kappa shape index (κ1) is 14.9. The lowest BCUT2D eigenvalue weighted by molar-refractivity contribution is 0.100. The fraction of sp³-hybridized carbons (Fsp3) is 0.238. The maximum Gasteiger partial charge on any atom is 0.211 e. The first-order valence-corrected chi connectivity index (χ1v) is 8.18. The van der Waals surface area contributed by atoms with Gasteiger partial charge >= 0.3 is 0 Å². The molecule has 1 aliphatic heterocycles. The second-order valence-electron chi connectivity index (χ2n) is 6.81. The Labute approximate surface area is 141 Å². The highest BCUT2D eigenvalue weighted by atomic mass is 16.1. The molecule has 0 amide bonds. The summed E-state index contributed by atoms with van der Waals surface area (Å²) < 4.78 is 0. The van der Waals surface area contributed by atoms with E-state index in [2.05, 4.69) is 6.07 Å². The number of rotatable bonds is 0. The molecule has 0 saturated carbocycles. The molecule has 0 spiro atoms. The van der Waals surface area contributed by atoms with Gasteiger partial charge < -0.3 is 4.90 Å². The molecule has 0 N–H and O–H groups in total. The van der Waals surface area contributed by atoms with Gasteiger partial charge in [-0.1, -0.05) is 42.3 Å². The molecule has 3 nitrogen and oxygen atoms in total. The third-order valence-corrected chi connectivity index (χ3v) is 5.16. The normalized spacial score (nSPS) is 22.2. The van der Waals surface area contributed by atoms with Gasteiger partial charge in [0.25, 0.3) is 0 Å². The van der Waals surface area contributed by atoms with Crippen molar-refractivity contribution in [1.82, 2.24) is 0 Å². The van der Waals surface area contributed by atoms with Crippen LogP contribution in [0.3, 0.4) is 0 Å². The van der Waals surface area contributed by atoms with Crippen LogP contribution in [0.15, 0.2) is 47.7 Å². The van der Waals surface area contributed by atoms with Crippen LogP contribution in [0, 0.1) is 13.8 Å². The number of benzene rings is 2. The fourth-order valence-corrected chi connectivity index (χ4v) is 3.88. The van der Waals surface area contributed by atoms with E-state index >= 15 is 0 Å². The number of Topliss-reactive ketones (excluding diaryl/α,β-unsaturated/α-hetero) is 2. The van der Waals surface area contributed by atoms with Gasteiger partial charge in [-0.2, -0.15) is 0 Å². The summed E-state index contributed by atoms with van der Waals surface area (Å²) in [5.74, 6) is -0.127. The standard InChI is InChI=1S/C21H19NO2/c1-11-5-7-14-15(9-11)13(3)18(20(14)23)19-21(24)16-10-12(2)6-8-17(16)22(19)4/h5-10,13H,1-4H3/b19-18-. The average Bonchev–Trinajstić information content (AvgIpc) is 2.92. The minimum absolute atomic E-state index is 0.0165. The highest BCUT2D eigenvalue weighted by Gasteiger charge is 2.40. The monoisotopic (exact) mass is 317 g/mol. The zero-order chi connectivity index (χ0) is 17.2. The van der Waals surface area contributed by atoms with Crippen LogP contribution in [0.4, 0.5) is 5.69 Å². The van der Waals surface area contributed by atoms with Gasteiger partial charge in [-0.05, 0) is 31.5 Å². The number of aryl methyl sites for hydroxylation is 2. The molecule has 0 fully saturated rings. The Morgan fingerprint density at radius 1 is 0.875 bits per heavy atom. The predicted octanol–water partition coefficient (Wildman–Crippen LogP) is 4.19. The second kappa shape index (κ2) is 4.91. The lowest BCUT2D eigenvalue weighted by Crippen LogP contribution is -2.20. The van der Waals surface area contributed by atoms with Crippen molar-refractivity contribution in [1.29, 1.82) is 0 Å². The van der Waals surface area contributed by atoms with Gasteiger partial charge in [0.15, 0.2) is 5.78 Å². The smallest absolute Gasteiger partial charge is 0.211 e. The van der Waals surface area contributed by atoms with Crippen molar-refractivity contribution in [3.63, 3.8) is 0 Å². The van der Waals surface area contributed by atoms with E-state index in [-0.39, 0.29) is 17.5 Å². The summed E-state index contributed by atoms with van der Waals surface area (Å²) in [6.45, 7) is 6.01. The van der Waals surface area contributed by atoms with Gasteiger partial charge in [0.1, 0.15) is 0 Å². The van der Waals surface area contributed by atoms with Crippen molar-refractivity contribution in [2.24, 2.45) is 0 Å². The third-order valence-electron chi connectivity index (χ3n) is 5.16. The molecule has 4 rings (SSSR count). The van der Waals surface area contributed by atoms with Crippen molar-refractivity contribution in [3.8, 4) is 0 Å².